The van der Waals surface area contributed by atoms with Crippen LogP contribution in [-0.2, 0) is 14.3 Å². The fourth-order valence-corrected chi connectivity index (χ4v) is 2.96. The number of rotatable bonds is 8. The number of amides is 1. The molecule has 0 aromatic heterocycles. The number of nitrogens with one attached hydrogen (secondary N) is 1. The lowest BCUT2D eigenvalue weighted by Crippen LogP contribution is -2.15. The lowest BCUT2D eigenvalue weighted by Gasteiger charge is -2.10. The van der Waals surface area contributed by atoms with Crippen LogP contribution in [0.4, 0.5) is 11.4 Å². The maximum Gasteiger partial charge on any atom is 0.344 e. The molecule has 1 amide bonds. The van der Waals surface area contributed by atoms with Crippen LogP contribution in [0.2, 0.25) is 10.0 Å². The molecule has 0 heterocycles. The number of nitriles is 1. The number of nitro groups is 1. The van der Waals surface area contributed by atoms with Crippen molar-refractivity contribution >= 4 is 52.5 Å². The Morgan fingerprint density at radius 3 is 2.52 bits per heavy atom. The number of ether oxygens (including phenoxy) is 2. The van der Waals surface area contributed by atoms with Gasteiger partial charge in [-0.2, -0.15) is 5.26 Å². The van der Waals surface area contributed by atoms with Crippen LogP contribution in [0.5, 0.6) is 5.75 Å². The monoisotopic (exact) mass is 463 g/mol. The van der Waals surface area contributed by atoms with Crippen molar-refractivity contribution in [2.75, 3.05) is 18.5 Å². The second-order valence-corrected chi connectivity index (χ2v) is 6.65. The Morgan fingerprint density at radius 2 is 1.94 bits per heavy atom. The molecular formula is C20H15Cl2N3O6. The van der Waals surface area contributed by atoms with Crippen molar-refractivity contribution in [3.8, 4) is 11.8 Å². The molecule has 0 fully saturated rings. The fraction of sp³-hybridized carbons (Fsp3) is 0.150. The summed E-state index contributed by atoms with van der Waals surface area (Å²) < 4.78 is 10.0. The van der Waals surface area contributed by atoms with E-state index in [4.69, 9.17) is 32.7 Å². The van der Waals surface area contributed by atoms with E-state index in [9.17, 15) is 25.0 Å². The average Bonchev–Trinajstić information content (AvgIpc) is 2.71. The van der Waals surface area contributed by atoms with Gasteiger partial charge in [0, 0.05) is 17.8 Å². The highest BCUT2D eigenvalue weighted by molar-refractivity contribution is 6.37. The Hall–Kier alpha value is -3.61. The number of halogens is 2. The number of carbonyl (C=O) groups is 2. The van der Waals surface area contributed by atoms with Gasteiger partial charge in [0.1, 0.15) is 11.6 Å². The van der Waals surface area contributed by atoms with Crippen LogP contribution in [0.25, 0.3) is 6.08 Å². The average molecular weight is 464 g/mol. The summed E-state index contributed by atoms with van der Waals surface area (Å²) in [5.41, 5.74) is -0.0283. The summed E-state index contributed by atoms with van der Waals surface area (Å²) in [7, 11) is 0. The second-order valence-electron chi connectivity index (χ2n) is 5.84. The summed E-state index contributed by atoms with van der Waals surface area (Å²) in [5.74, 6) is -1.32. The van der Waals surface area contributed by atoms with Crippen molar-refractivity contribution < 1.29 is 24.0 Å². The smallest absolute Gasteiger partial charge is 0.344 e. The zero-order valence-electron chi connectivity index (χ0n) is 16.1. The molecule has 0 saturated carbocycles. The van der Waals surface area contributed by atoms with Crippen molar-refractivity contribution in [1.82, 2.24) is 0 Å². The van der Waals surface area contributed by atoms with Crippen molar-refractivity contribution in [2.24, 2.45) is 0 Å². The molecule has 2 aromatic carbocycles. The molecular weight excluding hydrogens is 449 g/mol. The number of hydrogen-bond acceptors (Lipinski definition) is 7. The lowest BCUT2D eigenvalue weighted by molar-refractivity contribution is -0.384. The molecule has 0 aliphatic carbocycles. The Labute approximate surface area is 186 Å². The molecule has 2 rings (SSSR count). The Morgan fingerprint density at radius 1 is 1.26 bits per heavy atom. The third-order valence-electron chi connectivity index (χ3n) is 3.65. The van der Waals surface area contributed by atoms with Gasteiger partial charge in [-0.25, -0.2) is 4.79 Å². The van der Waals surface area contributed by atoms with Gasteiger partial charge in [0.25, 0.3) is 11.6 Å². The predicted octanol–water partition coefficient (Wildman–Crippen LogP) is 4.39. The zero-order valence-corrected chi connectivity index (χ0v) is 17.6. The largest absolute Gasteiger partial charge is 0.479 e. The van der Waals surface area contributed by atoms with Gasteiger partial charge in [-0.05, 0) is 36.8 Å². The number of benzene rings is 2. The summed E-state index contributed by atoms with van der Waals surface area (Å²) in [6, 6.07) is 9.82. The van der Waals surface area contributed by atoms with E-state index in [0.717, 1.165) is 6.07 Å². The number of nitrogens with zero attached hydrogens (tertiary/aromatic N) is 2. The maximum atomic E-state index is 12.4. The third kappa shape index (κ3) is 6.70. The zero-order chi connectivity index (χ0) is 23.0. The van der Waals surface area contributed by atoms with E-state index >= 15 is 0 Å². The molecule has 2 aromatic rings. The van der Waals surface area contributed by atoms with Crippen LogP contribution in [-0.4, -0.2) is 30.0 Å². The molecule has 1 N–H and O–H groups in total. The quantitative estimate of drug-likeness (QED) is 0.202. The molecule has 0 saturated heterocycles. The van der Waals surface area contributed by atoms with Gasteiger partial charge in [0.15, 0.2) is 12.4 Å². The Bertz CT molecular complexity index is 1070. The molecule has 31 heavy (non-hydrogen) atoms. The highest BCUT2D eigenvalue weighted by atomic mass is 35.5. The first-order chi connectivity index (χ1) is 14.7. The van der Waals surface area contributed by atoms with Gasteiger partial charge in [-0.3, -0.25) is 14.9 Å². The van der Waals surface area contributed by atoms with E-state index in [1.54, 1.807) is 13.0 Å². The summed E-state index contributed by atoms with van der Waals surface area (Å²) in [6.45, 7) is 1.46. The molecule has 0 bridgehead atoms. The van der Waals surface area contributed by atoms with Gasteiger partial charge >= 0.3 is 5.97 Å². The molecule has 11 heteroatoms. The van der Waals surface area contributed by atoms with Crippen LogP contribution >= 0.6 is 23.2 Å². The minimum atomic E-state index is -0.780. The van der Waals surface area contributed by atoms with Crippen LogP contribution in [0.15, 0.2) is 42.0 Å². The second kappa shape index (κ2) is 11.0. The molecule has 0 atom stereocenters. The number of anilines is 1. The first-order valence-corrected chi connectivity index (χ1v) is 9.45. The van der Waals surface area contributed by atoms with Crippen LogP contribution in [0.3, 0.4) is 0 Å². The minimum absolute atomic E-state index is 0.0492. The van der Waals surface area contributed by atoms with Crippen molar-refractivity contribution in [3.05, 3.63) is 67.7 Å². The molecule has 0 unspecified atom stereocenters. The number of non-ortho nitro benzene ring substituents is 1. The molecule has 0 radical (unpaired) electrons. The molecule has 0 aliphatic heterocycles. The first-order valence-electron chi connectivity index (χ1n) is 8.70. The van der Waals surface area contributed by atoms with Crippen molar-refractivity contribution in [2.45, 2.75) is 6.92 Å². The number of carbonyl (C=O) groups excluding carboxylic acids is 2. The van der Waals surface area contributed by atoms with E-state index in [-0.39, 0.29) is 39.3 Å². The van der Waals surface area contributed by atoms with E-state index in [0.29, 0.717) is 5.56 Å². The standard InChI is InChI=1S/C20H15Cl2N3O6/c1-2-30-18(26)11-31-19-16(21)7-12(8-17(19)22)6-13(10-23)20(27)24-14-4-3-5-15(9-14)25(28)29/h3-9H,2,11H2,1H3,(H,24,27)/b13-6+. The third-order valence-corrected chi connectivity index (χ3v) is 4.21. The highest BCUT2D eigenvalue weighted by Gasteiger charge is 2.15. The molecule has 160 valence electrons. The Balaban J connectivity index is 2.21. The van der Waals surface area contributed by atoms with E-state index in [1.807, 2.05) is 0 Å². The normalized spacial score (nSPS) is 10.7. The lowest BCUT2D eigenvalue weighted by atomic mass is 10.1. The van der Waals surface area contributed by atoms with Crippen molar-refractivity contribution in [1.29, 1.82) is 5.26 Å². The van der Waals surface area contributed by atoms with Crippen LogP contribution in [0, 0.1) is 21.4 Å². The van der Waals surface area contributed by atoms with Gasteiger partial charge in [0.05, 0.1) is 21.6 Å². The summed E-state index contributed by atoms with van der Waals surface area (Å²) >= 11 is 12.3. The Kier molecular flexibility index (Phi) is 8.37. The topological polar surface area (TPSA) is 132 Å². The minimum Gasteiger partial charge on any atom is -0.479 e. The van der Waals surface area contributed by atoms with Gasteiger partial charge < -0.3 is 14.8 Å². The van der Waals surface area contributed by atoms with Gasteiger partial charge in [-0.15, -0.1) is 0 Å². The highest BCUT2D eigenvalue weighted by Crippen LogP contribution is 2.35. The maximum absolute atomic E-state index is 12.4. The molecule has 9 nitrogen and oxygen atoms in total. The van der Waals surface area contributed by atoms with E-state index in [1.165, 1.54) is 36.4 Å². The summed E-state index contributed by atoms with van der Waals surface area (Å²) in [6.07, 6.45) is 1.24. The first kappa shape index (κ1) is 23.7. The van der Waals surface area contributed by atoms with E-state index in [2.05, 4.69) is 5.32 Å². The SMILES string of the molecule is CCOC(=O)COc1c(Cl)cc(/C=C(\C#N)C(=O)Nc2cccc([N+](=O)[O-])c2)cc1Cl. The van der Waals surface area contributed by atoms with Gasteiger partial charge in [0.2, 0.25) is 0 Å². The number of esters is 1. The fourth-order valence-electron chi connectivity index (χ4n) is 2.35. The summed E-state index contributed by atoms with van der Waals surface area (Å²) in [5, 5.41) is 22.7. The van der Waals surface area contributed by atoms with Gasteiger partial charge in [-0.1, -0.05) is 29.3 Å². The van der Waals surface area contributed by atoms with Crippen molar-refractivity contribution in [3.63, 3.8) is 0 Å². The van der Waals surface area contributed by atoms with E-state index < -0.39 is 23.4 Å². The number of nitro benzene ring substituents is 1. The molecule has 0 spiro atoms. The molecule has 0 aliphatic rings. The van der Waals surface area contributed by atoms with Crippen LogP contribution in [0.1, 0.15) is 12.5 Å². The summed E-state index contributed by atoms with van der Waals surface area (Å²) in [4.78, 5) is 34.0. The number of hydrogen-bond donors (Lipinski definition) is 1. The van der Waals surface area contributed by atoms with Crippen LogP contribution < -0.4 is 10.1 Å². The predicted molar refractivity (Wildman–Crippen MR) is 114 cm³/mol.